The number of aromatic nitrogens is 2. The van der Waals surface area contributed by atoms with Crippen molar-refractivity contribution >= 4 is 5.97 Å². The van der Waals surface area contributed by atoms with E-state index in [1.807, 2.05) is 0 Å². The molecule has 1 heterocycles. The van der Waals surface area contributed by atoms with E-state index in [1.165, 1.54) is 0 Å². The maximum absolute atomic E-state index is 12.1. The maximum Gasteiger partial charge on any atom is 0.347 e. The van der Waals surface area contributed by atoms with Crippen molar-refractivity contribution in [3.63, 3.8) is 0 Å². The van der Waals surface area contributed by atoms with E-state index in [1.54, 1.807) is 25.3 Å². The third-order valence-electron chi connectivity index (χ3n) is 4.03. The van der Waals surface area contributed by atoms with Crippen molar-refractivity contribution in [1.82, 2.24) is 9.55 Å². The van der Waals surface area contributed by atoms with Crippen LogP contribution in [-0.4, -0.2) is 20.6 Å². The van der Waals surface area contributed by atoms with Crippen LogP contribution in [0.3, 0.4) is 0 Å². The lowest BCUT2D eigenvalue weighted by Crippen LogP contribution is -2.34. The minimum Gasteiger partial charge on any atom is -0.481 e. The summed E-state index contributed by atoms with van der Waals surface area (Å²) in [5.41, 5.74) is 1.52. The van der Waals surface area contributed by atoms with Crippen LogP contribution in [0, 0.1) is 19.3 Å². The molecule has 5 heteroatoms. The van der Waals surface area contributed by atoms with Gasteiger partial charge >= 0.3 is 11.7 Å². The van der Waals surface area contributed by atoms with Crippen molar-refractivity contribution in [3.8, 4) is 0 Å². The number of carboxylic acids is 1. The molecule has 1 aromatic heterocycles. The summed E-state index contributed by atoms with van der Waals surface area (Å²) in [5.74, 6) is -1.57. The van der Waals surface area contributed by atoms with Gasteiger partial charge in [-0.3, -0.25) is 9.36 Å². The van der Waals surface area contributed by atoms with Crippen molar-refractivity contribution in [2.24, 2.45) is 5.41 Å². The number of carbonyl (C=O) groups is 1. The van der Waals surface area contributed by atoms with Crippen molar-refractivity contribution in [2.45, 2.75) is 60.4 Å². The lowest BCUT2D eigenvalue weighted by Gasteiger charge is -2.26. The van der Waals surface area contributed by atoms with Gasteiger partial charge in [0.05, 0.1) is 5.92 Å². The highest BCUT2D eigenvalue weighted by Gasteiger charge is 2.24. The molecule has 20 heavy (non-hydrogen) atoms. The fourth-order valence-electron chi connectivity index (χ4n) is 2.29. The Balaban J connectivity index is 3.44. The zero-order valence-electron chi connectivity index (χ0n) is 13.1. The maximum atomic E-state index is 12.1. The second kappa shape index (κ2) is 5.77. The number of carboxylic acid groups (broad SMARTS) is 1. The van der Waals surface area contributed by atoms with Crippen LogP contribution in [-0.2, 0) is 11.3 Å². The van der Waals surface area contributed by atoms with Gasteiger partial charge in [-0.05, 0) is 32.6 Å². The zero-order chi connectivity index (χ0) is 15.7. The molecule has 0 fully saturated rings. The van der Waals surface area contributed by atoms with Gasteiger partial charge < -0.3 is 5.11 Å². The number of aryl methyl sites for hydroxylation is 1. The Bertz CT molecular complexity index is 573. The smallest absolute Gasteiger partial charge is 0.347 e. The minimum atomic E-state index is -0.905. The summed E-state index contributed by atoms with van der Waals surface area (Å²) in [6.07, 6.45) is 0.927. The average Bonchev–Trinajstić information content (AvgIpc) is 2.34. The molecule has 0 spiro atoms. The van der Waals surface area contributed by atoms with E-state index in [0.717, 1.165) is 6.42 Å². The predicted octanol–water partition coefficient (Wildman–Crippen LogP) is 2.48. The molecule has 0 amide bonds. The van der Waals surface area contributed by atoms with E-state index in [0.29, 0.717) is 23.5 Å². The highest BCUT2D eigenvalue weighted by molar-refractivity contribution is 5.76. The van der Waals surface area contributed by atoms with Gasteiger partial charge in [0.1, 0.15) is 0 Å². The summed E-state index contributed by atoms with van der Waals surface area (Å²) >= 11 is 0. The van der Waals surface area contributed by atoms with Gasteiger partial charge in [0.2, 0.25) is 0 Å². The second-order valence-corrected chi connectivity index (χ2v) is 6.14. The molecular weight excluding hydrogens is 256 g/mol. The van der Waals surface area contributed by atoms with E-state index in [-0.39, 0.29) is 11.1 Å². The highest BCUT2D eigenvalue weighted by atomic mass is 16.4. The molecule has 0 saturated heterocycles. The SMILES string of the molecule is CCC(C)(C)Cn1c(C)c(C(C)C(=O)O)c(C)nc1=O. The fourth-order valence-corrected chi connectivity index (χ4v) is 2.29. The Morgan fingerprint density at radius 3 is 2.40 bits per heavy atom. The Kier molecular flexibility index (Phi) is 4.73. The second-order valence-electron chi connectivity index (χ2n) is 6.14. The molecule has 0 aliphatic heterocycles. The lowest BCUT2D eigenvalue weighted by atomic mass is 9.89. The molecule has 0 aliphatic carbocycles. The summed E-state index contributed by atoms with van der Waals surface area (Å²) in [5, 5.41) is 9.21. The summed E-state index contributed by atoms with van der Waals surface area (Å²) in [6, 6.07) is 0. The van der Waals surface area contributed by atoms with Crippen LogP contribution in [0.4, 0.5) is 0 Å². The molecular formula is C15H24N2O3. The van der Waals surface area contributed by atoms with Crippen LogP contribution in [0.15, 0.2) is 4.79 Å². The van der Waals surface area contributed by atoms with Crippen molar-refractivity contribution in [1.29, 1.82) is 0 Å². The number of rotatable bonds is 5. The molecule has 0 radical (unpaired) electrons. The topological polar surface area (TPSA) is 72.2 Å². The van der Waals surface area contributed by atoms with E-state index >= 15 is 0 Å². The number of hydrogen-bond acceptors (Lipinski definition) is 3. The zero-order valence-corrected chi connectivity index (χ0v) is 13.1. The molecule has 1 rings (SSSR count). The summed E-state index contributed by atoms with van der Waals surface area (Å²) in [6.45, 7) is 11.9. The van der Waals surface area contributed by atoms with Crippen LogP contribution >= 0.6 is 0 Å². The number of aliphatic carboxylic acids is 1. The molecule has 0 bridgehead atoms. The van der Waals surface area contributed by atoms with Crippen LogP contribution in [0.25, 0.3) is 0 Å². The minimum absolute atomic E-state index is 0.0325. The Hall–Kier alpha value is -1.65. The largest absolute Gasteiger partial charge is 0.481 e. The number of hydrogen-bond donors (Lipinski definition) is 1. The molecule has 1 N–H and O–H groups in total. The van der Waals surface area contributed by atoms with Crippen molar-refractivity contribution < 1.29 is 9.90 Å². The average molecular weight is 280 g/mol. The van der Waals surface area contributed by atoms with Crippen LogP contribution in [0.2, 0.25) is 0 Å². The van der Waals surface area contributed by atoms with Gasteiger partial charge in [-0.15, -0.1) is 0 Å². The summed E-state index contributed by atoms with van der Waals surface area (Å²) in [4.78, 5) is 27.3. The standard InChI is InChI=1S/C15H24N2O3/c1-7-15(5,6)8-17-11(4)12(9(2)13(18)19)10(3)16-14(17)20/h9H,7-8H2,1-6H3,(H,18,19). The lowest BCUT2D eigenvalue weighted by molar-refractivity contribution is -0.138. The van der Waals surface area contributed by atoms with Crippen molar-refractivity contribution in [2.75, 3.05) is 0 Å². The fraction of sp³-hybridized carbons (Fsp3) is 0.667. The van der Waals surface area contributed by atoms with Gasteiger partial charge in [-0.25, -0.2) is 4.79 Å². The van der Waals surface area contributed by atoms with E-state index in [2.05, 4.69) is 25.8 Å². The molecule has 112 valence electrons. The van der Waals surface area contributed by atoms with Crippen molar-refractivity contribution in [3.05, 3.63) is 27.4 Å². The van der Waals surface area contributed by atoms with Crippen LogP contribution < -0.4 is 5.69 Å². The normalized spacial score (nSPS) is 13.3. The first kappa shape index (κ1) is 16.4. The van der Waals surface area contributed by atoms with Gasteiger partial charge in [0.15, 0.2) is 0 Å². The first-order valence-corrected chi connectivity index (χ1v) is 6.91. The monoisotopic (exact) mass is 280 g/mol. The third kappa shape index (κ3) is 3.26. The predicted molar refractivity (Wildman–Crippen MR) is 78.1 cm³/mol. The molecule has 0 aliphatic rings. The van der Waals surface area contributed by atoms with E-state index < -0.39 is 11.9 Å². The van der Waals surface area contributed by atoms with Gasteiger partial charge in [0, 0.05) is 23.5 Å². The molecule has 1 aromatic rings. The van der Waals surface area contributed by atoms with E-state index in [4.69, 9.17) is 0 Å². The molecule has 1 atom stereocenters. The van der Waals surface area contributed by atoms with Gasteiger partial charge in [-0.1, -0.05) is 20.8 Å². The summed E-state index contributed by atoms with van der Waals surface area (Å²) < 4.78 is 1.60. The summed E-state index contributed by atoms with van der Waals surface area (Å²) in [7, 11) is 0. The quantitative estimate of drug-likeness (QED) is 0.899. The molecule has 0 saturated carbocycles. The number of nitrogens with zero attached hydrogens (tertiary/aromatic N) is 2. The Morgan fingerprint density at radius 1 is 1.40 bits per heavy atom. The highest BCUT2D eigenvalue weighted by Crippen LogP contribution is 2.25. The first-order valence-electron chi connectivity index (χ1n) is 6.91. The Morgan fingerprint density at radius 2 is 1.95 bits per heavy atom. The molecule has 5 nitrogen and oxygen atoms in total. The first-order chi connectivity index (χ1) is 9.10. The van der Waals surface area contributed by atoms with Crippen LogP contribution in [0.1, 0.15) is 57.0 Å². The Labute approximate surface area is 119 Å². The third-order valence-corrected chi connectivity index (χ3v) is 4.03. The van der Waals surface area contributed by atoms with Gasteiger partial charge in [0.25, 0.3) is 0 Å². The van der Waals surface area contributed by atoms with Gasteiger partial charge in [-0.2, -0.15) is 4.98 Å². The molecule has 1 unspecified atom stereocenters. The molecule has 0 aromatic carbocycles. The van der Waals surface area contributed by atoms with Crippen LogP contribution in [0.5, 0.6) is 0 Å². The van der Waals surface area contributed by atoms with E-state index in [9.17, 15) is 14.7 Å².